The number of hydrogen-bond donors (Lipinski definition) is 2. The molecule has 128 valence electrons. The van der Waals surface area contributed by atoms with Crippen molar-refractivity contribution in [3.63, 3.8) is 0 Å². The highest BCUT2D eigenvalue weighted by atomic mass is 16.5. The Morgan fingerprint density at radius 1 is 1.08 bits per heavy atom. The number of hydrogen-bond acceptors (Lipinski definition) is 6. The van der Waals surface area contributed by atoms with E-state index in [-0.39, 0.29) is 5.56 Å². The number of fused-ring (bicyclic) bond motifs is 1. The Bertz CT molecular complexity index is 946. The van der Waals surface area contributed by atoms with E-state index in [2.05, 4.69) is 37.3 Å². The van der Waals surface area contributed by atoms with Crippen LogP contribution in [0.25, 0.3) is 11.0 Å². The fourth-order valence-electron chi connectivity index (χ4n) is 2.96. The van der Waals surface area contributed by atoms with Crippen LogP contribution in [0.4, 0.5) is 17.3 Å². The second-order valence-electron chi connectivity index (χ2n) is 5.99. The van der Waals surface area contributed by atoms with Crippen molar-refractivity contribution in [1.82, 2.24) is 15.0 Å². The summed E-state index contributed by atoms with van der Waals surface area (Å²) in [7, 11) is 0. The topological polar surface area (TPSA) is 83.1 Å². The van der Waals surface area contributed by atoms with Gasteiger partial charge in [0, 0.05) is 35.9 Å². The van der Waals surface area contributed by atoms with E-state index in [0.717, 1.165) is 43.1 Å². The molecule has 0 radical (unpaired) electrons. The largest absolute Gasteiger partial charge is 0.378 e. The Balaban J connectivity index is 1.57. The first-order valence-electron chi connectivity index (χ1n) is 8.26. The minimum atomic E-state index is -0.175. The van der Waals surface area contributed by atoms with E-state index in [1.807, 2.05) is 19.1 Å². The minimum Gasteiger partial charge on any atom is -0.378 e. The fraction of sp³-hybridized carbons (Fsp3) is 0.278. The van der Waals surface area contributed by atoms with E-state index < -0.39 is 0 Å². The predicted octanol–water partition coefficient (Wildman–Crippen LogP) is 2.21. The molecule has 0 unspecified atom stereocenters. The lowest BCUT2D eigenvalue weighted by atomic mass is 10.2. The number of anilines is 3. The third kappa shape index (κ3) is 3.32. The van der Waals surface area contributed by atoms with Crippen LogP contribution >= 0.6 is 0 Å². The molecule has 7 heteroatoms. The summed E-state index contributed by atoms with van der Waals surface area (Å²) in [6, 6.07) is 11.4. The molecule has 1 fully saturated rings. The Hall–Kier alpha value is -2.93. The number of aryl methyl sites for hydroxylation is 1. The van der Waals surface area contributed by atoms with Gasteiger partial charge >= 0.3 is 0 Å². The Morgan fingerprint density at radius 2 is 1.84 bits per heavy atom. The number of ether oxygens (including phenoxy) is 1. The highest BCUT2D eigenvalue weighted by Crippen LogP contribution is 2.22. The van der Waals surface area contributed by atoms with Crippen LogP contribution in [0.3, 0.4) is 0 Å². The van der Waals surface area contributed by atoms with Gasteiger partial charge in [-0.05, 0) is 37.3 Å². The Labute approximate surface area is 144 Å². The lowest BCUT2D eigenvalue weighted by Gasteiger charge is -2.28. The average molecular weight is 337 g/mol. The molecule has 25 heavy (non-hydrogen) atoms. The monoisotopic (exact) mass is 337 g/mol. The summed E-state index contributed by atoms with van der Waals surface area (Å²) in [5.41, 5.74) is 3.25. The summed E-state index contributed by atoms with van der Waals surface area (Å²) in [6.45, 7) is 5.25. The molecule has 1 aliphatic heterocycles. The number of nitrogens with one attached hydrogen (secondary N) is 2. The van der Waals surface area contributed by atoms with Gasteiger partial charge in [0.05, 0.1) is 18.9 Å². The molecule has 0 amide bonds. The van der Waals surface area contributed by atoms with Crippen LogP contribution in [0.5, 0.6) is 0 Å². The molecule has 1 aliphatic rings. The van der Waals surface area contributed by atoms with Crippen molar-refractivity contribution in [3.8, 4) is 0 Å². The van der Waals surface area contributed by atoms with Crippen molar-refractivity contribution in [2.45, 2.75) is 6.92 Å². The van der Waals surface area contributed by atoms with Crippen LogP contribution in [0.2, 0.25) is 0 Å². The predicted molar refractivity (Wildman–Crippen MR) is 97.7 cm³/mol. The molecule has 1 aromatic carbocycles. The maximum Gasteiger partial charge on any atom is 0.249 e. The summed E-state index contributed by atoms with van der Waals surface area (Å²) in [6.07, 6.45) is 0. The smallest absolute Gasteiger partial charge is 0.249 e. The molecular formula is C18H19N5O2. The standard InChI is InChI=1S/C18H19N5O2/c1-12-15-6-7-16(24)21-17(15)22-18(19-12)20-13-2-4-14(5-3-13)23-8-10-25-11-9-23/h2-7H,8-11H2,1H3,(H2,19,20,21,22,24). The Morgan fingerprint density at radius 3 is 2.60 bits per heavy atom. The van der Waals surface area contributed by atoms with Crippen molar-refractivity contribution in [2.24, 2.45) is 0 Å². The van der Waals surface area contributed by atoms with Crippen LogP contribution in [-0.2, 0) is 4.74 Å². The third-order valence-corrected chi connectivity index (χ3v) is 4.28. The first kappa shape index (κ1) is 15.6. The highest BCUT2D eigenvalue weighted by Gasteiger charge is 2.11. The van der Waals surface area contributed by atoms with Gasteiger partial charge in [0.15, 0.2) is 0 Å². The zero-order chi connectivity index (χ0) is 17.2. The second-order valence-corrected chi connectivity index (χ2v) is 5.99. The van der Waals surface area contributed by atoms with Gasteiger partial charge in [0.2, 0.25) is 11.5 Å². The average Bonchev–Trinajstić information content (AvgIpc) is 2.63. The van der Waals surface area contributed by atoms with E-state index in [4.69, 9.17) is 4.74 Å². The van der Waals surface area contributed by atoms with Gasteiger partial charge in [0.25, 0.3) is 0 Å². The van der Waals surface area contributed by atoms with Crippen molar-refractivity contribution in [2.75, 3.05) is 36.5 Å². The molecule has 2 N–H and O–H groups in total. The van der Waals surface area contributed by atoms with Crippen molar-refractivity contribution in [1.29, 1.82) is 0 Å². The quantitative estimate of drug-likeness (QED) is 0.762. The van der Waals surface area contributed by atoms with Crippen molar-refractivity contribution < 1.29 is 4.74 Å². The molecule has 0 saturated carbocycles. The normalized spacial score (nSPS) is 14.7. The van der Waals surface area contributed by atoms with E-state index in [9.17, 15) is 4.79 Å². The molecule has 0 aliphatic carbocycles. The van der Waals surface area contributed by atoms with Crippen LogP contribution in [-0.4, -0.2) is 41.3 Å². The first-order chi connectivity index (χ1) is 12.2. The summed E-state index contributed by atoms with van der Waals surface area (Å²) in [5.74, 6) is 0.464. The second kappa shape index (κ2) is 6.52. The Kier molecular flexibility index (Phi) is 4.07. The number of rotatable bonds is 3. The molecular weight excluding hydrogens is 318 g/mol. The fourth-order valence-corrected chi connectivity index (χ4v) is 2.96. The number of pyridine rings is 1. The van der Waals surface area contributed by atoms with E-state index >= 15 is 0 Å². The van der Waals surface area contributed by atoms with E-state index in [1.54, 1.807) is 6.07 Å². The summed E-state index contributed by atoms with van der Waals surface area (Å²) < 4.78 is 5.38. The van der Waals surface area contributed by atoms with Crippen molar-refractivity contribution >= 4 is 28.4 Å². The van der Waals surface area contributed by atoms with Gasteiger partial charge in [-0.15, -0.1) is 0 Å². The van der Waals surface area contributed by atoms with Crippen LogP contribution in [0, 0.1) is 6.92 Å². The number of H-pyrrole nitrogens is 1. The van der Waals surface area contributed by atoms with E-state index in [0.29, 0.717) is 11.6 Å². The maximum absolute atomic E-state index is 11.5. The molecule has 1 saturated heterocycles. The molecule has 3 aromatic rings. The summed E-state index contributed by atoms with van der Waals surface area (Å²) in [5, 5.41) is 4.04. The van der Waals surface area contributed by atoms with Gasteiger partial charge in [-0.1, -0.05) is 0 Å². The van der Waals surface area contributed by atoms with Gasteiger partial charge in [-0.3, -0.25) is 4.79 Å². The molecule has 0 spiro atoms. The highest BCUT2D eigenvalue weighted by molar-refractivity contribution is 5.78. The van der Waals surface area contributed by atoms with E-state index in [1.165, 1.54) is 11.8 Å². The zero-order valence-corrected chi connectivity index (χ0v) is 14.0. The molecule has 7 nitrogen and oxygen atoms in total. The number of morpholine rings is 1. The summed E-state index contributed by atoms with van der Waals surface area (Å²) >= 11 is 0. The number of nitrogens with zero attached hydrogens (tertiary/aromatic N) is 3. The summed E-state index contributed by atoms with van der Waals surface area (Å²) in [4.78, 5) is 25.4. The lowest BCUT2D eigenvalue weighted by Crippen LogP contribution is -2.36. The molecule has 2 aromatic heterocycles. The van der Waals surface area contributed by atoms with Gasteiger partial charge in [-0.25, -0.2) is 4.98 Å². The maximum atomic E-state index is 11.5. The van der Waals surface area contributed by atoms with Crippen molar-refractivity contribution in [3.05, 3.63) is 52.4 Å². The molecule has 3 heterocycles. The van der Waals surface area contributed by atoms with Crippen LogP contribution < -0.4 is 15.8 Å². The first-order valence-corrected chi connectivity index (χ1v) is 8.26. The molecule has 0 bridgehead atoms. The number of aromatic nitrogens is 3. The zero-order valence-electron chi connectivity index (χ0n) is 14.0. The lowest BCUT2D eigenvalue weighted by molar-refractivity contribution is 0.122. The number of aromatic amines is 1. The van der Waals surface area contributed by atoms with Crippen LogP contribution in [0.15, 0.2) is 41.2 Å². The number of benzene rings is 1. The van der Waals surface area contributed by atoms with Gasteiger partial charge in [0.1, 0.15) is 5.65 Å². The third-order valence-electron chi connectivity index (χ3n) is 4.28. The minimum absolute atomic E-state index is 0.175. The molecule has 4 rings (SSSR count). The molecule has 0 atom stereocenters. The van der Waals surface area contributed by atoms with Gasteiger partial charge in [-0.2, -0.15) is 4.98 Å². The van der Waals surface area contributed by atoms with Crippen LogP contribution in [0.1, 0.15) is 5.69 Å². The van der Waals surface area contributed by atoms with Gasteiger partial charge < -0.3 is 19.9 Å². The SMILES string of the molecule is Cc1nc(Nc2ccc(N3CCOCC3)cc2)nc2[nH]c(=O)ccc12.